The fraction of sp³-hybridized carbons (Fsp3) is 0.292. The highest BCUT2D eigenvalue weighted by atomic mass is 35.5. The lowest BCUT2D eigenvalue weighted by Gasteiger charge is -2.32. The summed E-state index contributed by atoms with van der Waals surface area (Å²) in [5.74, 6) is 1.71. The van der Waals surface area contributed by atoms with E-state index in [1.165, 1.54) is 0 Å². The standard InChI is InChI=1S/C24H25ClN4O2/c1-16-3-6-19(13-21(16)25)28-24(30)18-9-11-29(12-10-18)23-14-22(26-15-27-23)17-4-7-20(31-2)8-5-17/h3-8,13-15,18H,9-12H2,1-2H3,(H,28,30). The number of ether oxygens (including phenoxy) is 1. The van der Waals surface area contributed by atoms with Crippen molar-refractivity contribution in [1.29, 1.82) is 0 Å². The molecule has 31 heavy (non-hydrogen) atoms. The third-order valence-corrected chi connectivity index (χ3v) is 6.07. The van der Waals surface area contributed by atoms with Crippen LogP contribution in [-0.2, 0) is 4.79 Å². The van der Waals surface area contributed by atoms with E-state index in [0.717, 1.165) is 60.0 Å². The topological polar surface area (TPSA) is 67.3 Å². The largest absolute Gasteiger partial charge is 0.497 e. The second-order valence-electron chi connectivity index (χ2n) is 7.70. The first-order chi connectivity index (χ1) is 15.0. The number of aryl methyl sites for hydroxylation is 1. The minimum absolute atomic E-state index is 0.0285. The molecule has 160 valence electrons. The molecule has 0 aliphatic carbocycles. The van der Waals surface area contributed by atoms with Crippen LogP contribution in [0.4, 0.5) is 11.5 Å². The molecule has 6 nitrogen and oxygen atoms in total. The van der Waals surface area contributed by atoms with Crippen molar-refractivity contribution in [3.05, 3.63) is 65.4 Å². The zero-order valence-electron chi connectivity index (χ0n) is 17.6. The maximum atomic E-state index is 12.7. The summed E-state index contributed by atoms with van der Waals surface area (Å²) >= 11 is 6.17. The van der Waals surface area contributed by atoms with Gasteiger partial charge in [-0.05, 0) is 61.7 Å². The Hall–Kier alpha value is -3.12. The zero-order chi connectivity index (χ0) is 21.8. The van der Waals surface area contributed by atoms with E-state index in [-0.39, 0.29) is 11.8 Å². The molecule has 0 spiro atoms. The number of aromatic nitrogens is 2. The van der Waals surface area contributed by atoms with Gasteiger partial charge >= 0.3 is 0 Å². The second kappa shape index (κ2) is 9.35. The number of nitrogens with one attached hydrogen (secondary N) is 1. The Morgan fingerprint density at radius 1 is 1.10 bits per heavy atom. The van der Waals surface area contributed by atoms with Gasteiger partial charge in [-0.3, -0.25) is 4.79 Å². The van der Waals surface area contributed by atoms with Crippen LogP contribution >= 0.6 is 11.6 Å². The summed E-state index contributed by atoms with van der Waals surface area (Å²) in [4.78, 5) is 23.8. The van der Waals surface area contributed by atoms with Gasteiger partial charge in [0.25, 0.3) is 0 Å². The lowest BCUT2D eigenvalue weighted by atomic mass is 9.95. The van der Waals surface area contributed by atoms with Crippen LogP contribution < -0.4 is 15.0 Å². The number of hydrogen-bond donors (Lipinski definition) is 1. The molecule has 1 N–H and O–H groups in total. The molecule has 1 aromatic heterocycles. The van der Waals surface area contributed by atoms with Crippen LogP contribution in [0.2, 0.25) is 5.02 Å². The fourth-order valence-electron chi connectivity index (χ4n) is 3.73. The van der Waals surface area contributed by atoms with Crippen molar-refractivity contribution in [1.82, 2.24) is 9.97 Å². The van der Waals surface area contributed by atoms with Gasteiger partial charge in [0.2, 0.25) is 5.91 Å². The summed E-state index contributed by atoms with van der Waals surface area (Å²) in [5, 5.41) is 3.65. The van der Waals surface area contributed by atoms with Gasteiger partial charge in [0.05, 0.1) is 12.8 Å². The van der Waals surface area contributed by atoms with Gasteiger partial charge in [-0.25, -0.2) is 9.97 Å². The second-order valence-corrected chi connectivity index (χ2v) is 8.11. The number of carbonyl (C=O) groups excluding carboxylic acids is 1. The molecule has 1 fully saturated rings. The number of hydrogen-bond acceptors (Lipinski definition) is 5. The van der Waals surface area contributed by atoms with Crippen LogP contribution in [0.25, 0.3) is 11.3 Å². The van der Waals surface area contributed by atoms with Gasteiger partial charge < -0.3 is 15.0 Å². The van der Waals surface area contributed by atoms with E-state index < -0.39 is 0 Å². The van der Waals surface area contributed by atoms with E-state index in [2.05, 4.69) is 20.2 Å². The minimum Gasteiger partial charge on any atom is -0.497 e. The molecule has 3 aromatic rings. The molecule has 0 bridgehead atoms. The summed E-state index contributed by atoms with van der Waals surface area (Å²) in [6.45, 7) is 3.48. The number of rotatable bonds is 5. The molecule has 0 atom stereocenters. The number of methoxy groups -OCH3 is 1. The number of carbonyl (C=O) groups is 1. The molecular weight excluding hydrogens is 412 g/mol. The molecule has 7 heteroatoms. The van der Waals surface area contributed by atoms with Crippen molar-refractivity contribution in [2.75, 3.05) is 30.4 Å². The molecule has 1 aliphatic rings. The quantitative estimate of drug-likeness (QED) is 0.611. The molecule has 0 unspecified atom stereocenters. The van der Waals surface area contributed by atoms with E-state index in [1.54, 1.807) is 19.5 Å². The Balaban J connectivity index is 1.38. The fourth-order valence-corrected chi connectivity index (χ4v) is 3.91. The summed E-state index contributed by atoms with van der Waals surface area (Å²) in [6.07, 6.45) is 3.13. The lowest BCUT2D eigenvalue weighted by Crippen LogP contribution is -2.38. The maximum Gasteiger partial charge on any atom is 0.227 e. The number of amides is 1. The Kier molecular flexibility index (Phi) is 6.37. The van der Waals surface area contributed by atoms with Gasteiger partial charge in [-0.1, -0.05) is 17.7 Å². The first-order valence-electron chi connectivity index (χ1n) is 10.3. The van der Waals surface area contributed by atoms with E-state index in [1.807, 2.05) is 49.4 Å². The van der Waals surface area contributed by atoms with Gasteiger partial charge in [0.15, 0.2) is 0 Å². The highest BCUT2D eigenvalue weighted by Crippen LogP contribution is 2.27. The number of piperidine rings is 1. The maximum absolute atomic E-state index is 12.7. The van der Waals surface area contributed by atoms with Crippen LogP contribution in [0.3, 0.4) is 0 Å². The minimum atomic E-state index is -0.0285. The van der Waals surface area contributed by atoms with Crippen LogP contribution in [-0.4, -0.2) is 36.1 Å². The van der Waals surface area contributed by atoms with E-state index >= 15 is 0 Å². The van der Waals surface area contributed by atoms with Gasteiger partial charge in [0, 0.05) is 41.3 Å². The molecular formula is C24H25ClN4O2. The predicted molar refractivity (Wildman–Crippen MR) is 124 cm³/mol. The first kappa shape index (κ1) is 21.1. The molecule has 0 radical (unpaired) electrons. The monoisotopic (exact) mass is 436 g/mol. The molecule has 2 aromatic carbocycles. The highest BCUT2D eigenvalue weighted by molar-refractivity contribution is 6.31. The number of benzene rings is 2. The van der Waals surface area contributed by atoms with Crippen LogP contribution in [0.1, 0.15) is 18.4 Å². The molecule has 0 saturated carbocycles. The smallest absolute Gasteiger partial charge is 0.227 e. The number of anilines is 2. The van der Waals surface area contributed by atoms with Gasteiger partial charge in [-0.2, -0.15) is 0 Å². The molecule has 1 amide bonds. The van der Waals surface area contributed by atoms with Crippen molar-refractivity contribution >= 4 is 29.0 Å². The first-order valence-corrected chi connectivity index (χ1v) is 10.7. The molecule has 2 heterocycles. The zero-order valence-corrected chi connectivity index (χ0v) is 18.4. The average molecular weight is 437 g/mol. The Bertz CT molecular complexity index is 1060. The van der Waals surface area contributed by atoms with Crippen LogP contribution in [0.5, 0.6) is 5.75 Å². The van der Waals surface area contributed by atoms with Crippen LogP contribution in [0, 0.1) is 12.8 Å². The highest BCUT2D eigenvalue weighted by Gasteiger charge is 2.26. The predicted octanol–water partition coefficient (Wildman–Crippen LogP) is 4.97. The van der Waals surface area contributed by atoms with Crippen molar-refractivity contribution < 1.29 is 9.53 Å². The van der Waals surface area contributed by atoms with E-state index in [9.17, 15) is 4.79 Å². The summed E-state index contributed by atoms with van der Waals surface area (Å²) in [7, 11) is 1.65. The molecule has 1 saturated heterocycles. The summed E-state index contributed by atoms with van der Waals surface area (Å²) < 4.78 is 5.22. The van der Waals surface area contributed by atoms with Gasteiger partial charge in [-0.15, -0.1) is 0 Å². The SMILES string of the molecule is COc1ccc(-c2cc(N3CCC(C(=O)Nc4ccc(C)c(Cl)c4)CC3)ncn2)cc1. The van der Waals surface area contributed by atoms with Crippen LogP contribution in [0.15, 0.2) is 54.9 Å². The third kappa shape index (κ3) is 4.97. The normalized spacial score (nSPS) is 14.4. The van der Waals surface area contributed by atoms with Crippen molar-refractivity contribution in [3.63, 3.8) is 0 Å². The average Bonchev–Trinajstić information content (AvgIpc) is 2.82. The van der Waals surface area contributed by atoms with Crippen molar-refractivity contribution in [2.45, 2.75) is 19.8 Å². The molecule has 4 rings (SSSR count). The Morgan fingerprint density at radius 2 is 1.84 bits per heavy atom. The Morgan fingerprint density at radius 3 is 2.52 bits per heavy atom. The van der Waals surface area contributed by atoms with E-state index in [0.29, 0.717) is 5.02 Å². The lowest BCUT2D eigenvalue weighted by molar-refractivity contribution is -0.120. The van der Waals surface area contributed by atoms with Gasteiger partial charge in [0.1, 0.15) is 17.9 Å². The Labute approximate surface area is 187 Å². The molecule has 1 aliphatic heterocycles. The third-order valence-electron chi connectivity index (χ3n) is 5.67. The van der Waals surface area contributed by atoms with E-state index in [4.69, 9.17) is 16.3 Å². The number of halogens is 1. The van der Waals surface area contributed by atoms with Crippen molar-refractivity contribution in [2.24, 2.45) is 5.92 Å². The van der Waals surface area contributed by atoms with Crippen molar-refractivity contribution in [3.8, 4) is 17.0 Å². The summed E-state index contributed by atoms with van der Waals surface area (Å²) in [6, 6.07) is 15.4. The summed E-state index contributed by atoms with van der Waals surface area (Å²) in [5.41, 5.74) is 3.61. The number of nitrogens with zero attached hydrogens (tertiary/aromatic N) is 3.